The molecule has 11 heavy (non-hydrogen) atoms. The fourth-order valence-corrected chi connectivity index (χ4v) is 0.866. The predicted octanol–water partition coefficient (Wildman–Crippen LogP) is 0.160. The monoisotopic (exact) mass is 147 g/mol. The quantitative estimate of drug-likeness (QED) is 0.556. The van der Waals surface area contributed by atoms with Crippen LogP contribution in [0.15, 0.2) is 12.3 Å². The van der Waals surface area contributed by atoms with Gasteiger partial charge in [-0.25, -0.2) is 0 Å². The van der Waals surface area contributed by atoms with Crippen LogP contribution in [0.25, 0.3) is 0 Å². The summed E-state index contributed by atoms with van der Waals surface area (Å²) in [5.41, 5.74) is 2.18. The first kappa shape index (κ1) is 7.99. The number of nitrogens with zero attached hydrogens (tertiary/aromatic N) is 1. The number of aryl methyl sites for hydroxylation is 1. The van der Waals surface area contributed by atoms with Crippen LogP contribution in [-0.2, 0) is 0 Å². The van der Waals surface area contributed by atoms with E-state index in [1.807, 2.05) is 13.0 Å². The van der Waals surface area contributed by atoms with Crippen LogP contribution in [0, 0.1) is 6.92 Å². The maximum absolute atomic E-state index is 4.95. The summed E-state index contributed by atoms with van der Waals surface area (Å²) >= 11 is 0. The van der Waals surface area contributed by atoms with Crippen molar-refractivity contribution in [2.45, 2.75) is 6.92 Å². The first-order chi connectivity index (χ1) is 5.27. The zero-order valence-corrected chi connectivity index (χ0v) is 6.79. The van der Waals surface area contributed by atoms with E-state index in [9.17, 15) is 0 Å². The van der Waals surface area contributed by atoms with E-state index >= 15 is 0 Å². The predicted molar refractivity (Wildman–Crippen MR) is 48.0 cm³/mol. The zero-order chi connectivity index (χ0) is 8.27. The molecule has 0 saturated heterocycles. The Bertz CT molecular complexity index is 273. The first-order valence-corrected chi connectivity index (χ1v) is 3.41. The summed E-state index contributed by atoms with van der Waals surface area (Å²) in [6.45, 7) is 7.45. The third kappa shape index (κ3) is 1.67. The van der Waals surface area contributed by atoms with Gasteiger partial charge in [0, 0.05) is 0 Å². The van der Waals surface area contributed by atoms with Crippen molar-refractivity contribution in [3.8, 4) is 5.88 Å². The average Bonchev–Trinajstić information content (AvgIpc) is 2.04. The van der Waals surface area contributed by atoms with Crippen molar-refractivity contribution < 1.29 is 4.74 Å². The van der Waals surface area contributed by atoms with Gasteiger partial charge >= 0.3 is 66.3 Å². The standard InChI is InChI=1S/C8H10BNO/c1-6-4-8(11-3)10-5-7(6)9-2/h4-5H,2H2,1,3H3. The molecule has 0 aliphatic carbocycles. The summed E-state index contributed by atoms with van der Waals surface area (Å²) in [6.07, 6.45) is 1.75. The molecule has 0 radical (unpaired) electrons. The molecule has 0 unspecified atom stereocenters. The Labute approximate surface area is 67.1 Å². The molecule has 0 amide bonds. The van der Waals surface area contributed by atoms with Crippen molar-refractivity contribution >= 4 is 18.9 Å². The van der Waals surface area contributed by atoms with Crippen LogP contribution in [0.3, 0.4) is 0 Å². The molecule has 0 bridgehead atoms. The van der Waals surface area contributed by atoms with E-state index in [2.05, 4.69) is 11.5 Å². The number of hydrogen-bond acceptors (Lipinski definition) is 2. The summed E-state index contributed by atoms with van der Waals surface area (Å²) in [5.74, 6) is 0.646. The van der Waals surface area contributed by atoms with Gasteiger partial charge in [-0.15, -0.1) is 0 Å². The van der Waals surface area contributed by atoms with Crippen molar-refractivity contribution in [2.75, 3.05) is 7.11 Å². The normalized spacial score (nSPS) is 8.91. The van der Waals surface area contributed by atoms with Crippen LogP contribution in [0.1, 0.15) is 5.56 Å². The minimum absolute atomic E-state index is 0.646. The van der Waals surface area contributed by atoms with Gasteiger partial charge in [0.2, 0.25) is 0 Å². The van der Waals surface area contributed by atoms with Crippen LogP contribution >= 0.6 is 0 Å². The van der Waals surface area contributed by atoms with E-state index in [1.54, 1.807) is 20.2 Å². The molecular formula is C8H10BNO. The molecule has 0 spiro atoms. The number of ether oxygens (including phenoxy) is 1. The van der Waals surface area contributed by atoms with E-state index < -0.39 is 0 Å². The Kier molecular flexibility index (Phi) is 2.42. The van der Waals surface area contributed by atoms with E-state index in [0.29, 0.717) is 5.88 Å². The van der Waals surface area contributed by atoms with Crippen LogP contribution < -0.4 is 10.2 Å². The van der Waals surface area contributed by atoms with E-state index in [1.165, 1.54) is 0 Å². The Morgan fingerprint density at radius 2 is 2.36 bits per heavy atom. The number of aromatic nitrogens is 1. The van der Waals surface area contributed by atoms with Crippen LogP contribution in [0.4, 0.5) is 0 Å². The second-order valence-corrected chi connectivity index (χ2v) is 2.29. The molecule has 1 heterocycles. The summed E-state index contributed by atoms with van der Waals surface area (Å²) in [6, 6.07) is 1.89. The fraction of sp³-hybridized carbons (Fsp3) is 0.250. The van der Waals surface area contributed by atoms with Gasteiger partial charge in [-0.05, 0) is 0 Å². The van der Waals surface area contributed by atoms with Gasteiger partial charge in [0.1, 0.15) is 0 Å². The van der Waals surface area contributed by atoms with Gasteiger partial charge in [0.15, 0.2) is 0 Å². The van der Waals surface area contributed by atoms with E-state index in [4.69, 9.17) is 4.74 Å². The van der Waals surface area contributed by atoms with Crippen molar-refractivity contribution in [3.63, 3.8) is 0 Å². The summed E-state index contributed by atoms with van der Waals surface area (Å²) < 4.78 is 4.95. The number of rotatable bonds is 2. The van der Waals surface area contributed by atoms with Crippen molar-refractivity contribution in [1.29, 1.82) is 0 Å². The molecule has 1 aromatic heterocycles. The van der Waals surface area contributed by atoms with Crippen LogP contribution in [0.2, 0.25) is 0 Å². The molecular weight excluding hydrogens is 137 g/mol. The van der Waals surface area contributed by atoms with Gasteiger partial charge in [0.25, 0.3) is 0 Å². The third-order valence-corrected chi connectivity index (χ3v) is 1.56. The Morgan fingerprint density at radius 3 is 2.82 bits per heavy atom. The molecule has 0 aliphatic rings. The number of pyridine rings is 1. The van der Waals surface area contributed by atoms with E-state index in [-0.39, 0.29) is 0 Å². The third-order valence-electron chi connectivity index (χ3n) is 1.56. The molecule has 0 saturated carbocycles. The van der Waals surface area contributed by atoms with Crippen molar-refractivity contribution in [1.82, 2.24) is 4.98 Å². The van der Waals surface area contributed by atoms with Gasteiger partial charge in [-0.3, -0.25) is 0 Å². The molecule has 1 aromatic rings. The van der Waals surface area contributed by atoms with Gasteiger partial charge in [-0.2, -0.15) is 0 Å². The topological polar surface area (TPSA) is 22.1 Å². The molecule has 0 aliphatic heterocycles. The summed E-state index contributed by atoms with van der Waals surface area (Å²) in [5, 5.41) is 0. The second kappa shape index (κ2) is 3.33. The maximum atomic E-state index is 4.95. The minimum atomic E-state index is 0.646. The molecule has 1 rings (SSSR count). The molecule has 0 fully saturated rings. The molecule has 0 N–H and O–H groups in total. The van der Waals surface area contributed by atoms with Crippen molar-refractivity contribution in [3.05, 3.63) is 17.8 Å². The second-order valence-electron chi connectivity index (χ2n) is 2.29. The average molecular weight is 147 g/mol. The first-order valence-electron chi connectivity index (χ1n) is 3.41. The Hall–Kier alpha value is -1.12. The van der Waals surface area contributed by atoms with Gasteiger partial charge in [-0.1, -0.05) is 0 Å². The molecule has 0 atom stereocenters. The summed E-state index contributed by atoms with van der Waals surface area (Å²) in [4.78, 5) is 4.04. The zero-order valence-electron chi connectivity index (χ0n) is 6.79. The Balaban J connectivity index is 3.09. The van der Waals surface area contributed by atoms with Crippen LogP contribution in [-0.4, -0.2) is 25.5 Å². The summed E-state index contributed by atoms with van der Waals surface area (Å²) in [7, 11) is 1.61. The number of methoxy groups -OCH3 is 1. The Morgan fingerprint density at radius 1 is 1.64 bits per heavy atom. The van der Waals surface area contributed by atoms with Gasteiger partial charge in [0.05, 0.1) is 0 Å². The van der Waals surface area contributed by atoms with Crippen LogP contribution in [0.5, 0.6) is 5.88 Å². The van der Waals surface area contributed by atoms with Crippen molar-refractivity contribution in [2.24, 2.45) is 0 Å². The molecule has 2 nitrogen and oxygen atoms in total. The number of hydrogen-bond donors (Lipinski definition) is 0. The van der Waals surface area contributed by atoms with E-state index in [0.717, 1.165) is 11.0 Å². The molecule has 3 heteroatoms. The molecule has 0 aromatic carbocycles. The SMILES string of the molecule is C=Bc1cnc(OC)cc1C. The fourth-order valence-electron chi connectivity index (χ4n) is 0.866. The molecule has 56 valence electrons. The van der Waals surface area contributed by atoms with Gasteiger partial charge < -0.3 is 0 Å².